The van der Waals surface area contributed by atoms with Crippen LogP contribution in [0.2, 0.25) is 0 Å². The molecule has 5 heteroatoms. The van der Waals surface area contributed by atoms with Crippen molar-refractivity contribution < 1.29 is 9.53 Å². The third-order valence-corrected chi connectivity index (χ3v) is 4.67. The Hall–Kier alpha value is -2.95. The summed E-state index contributed by atoms with van der Waals surface area (Å²) in [5.74, 6) is 0.600. The molecule has 0 unspecified atom stereocenters. The summed E-state index contributed by atoms with van der Waals surface area (Å²) in [4.78, 5) is 21.4. The van der Waals surface area contributed by atoms with Crippen LogP contribution < -0.4 is 10.1 Å². The first-order valence-electron chi connectivity index (χ1n) is 8.96. The van der Waals surface area contributed by atoms with Gasteiger partial charge in [0.2, 0.25) is 0 Å². The first-order chi connectivity index (χ1) is 12.7. The smallest absolute Gasteiger partial charge is 0.262 e. The molecule has 26 heavy (non-hydrogen) atoms. The van der Waals surface area contributed by atoms with Crippen LogP contribution in [0.5, 0.6) is 5.75 Å². The fraction of sp³-hybridized carbons (Fsp3) is 0.286. The molecule has 1 aliphatic carbocycles. The van der Waals surface area contributed by atoms with Crippen molar-refractivity contribution in [2.75, 3.05) is 11.9 Å². The average molecular weight is 347 g/mol. The van der Waals surface area contributed by atoms with Gasteiger partial charge in [0.15, 0.2) is 6.61 Å². The third-order valence-electron chi connectivity index (χ3n) is 4.67. The van der Waals surface area contributed by atoms with Gasteiger partial charge in [-0.15, -0.1) is 0 Å². The fourth-order valence-corrected chi connectivity index (χ4v) is 3.47. The van der Waals surface area contributed by atoms with Crippen LogP contribution in [0.1, 0.15) is 29.8 Å². The number of para-hydroxylation sites is 1. The highest BCUT2D eigenvalue weighted by atomic mass is 16.5. The average Bonchev–Trinajstić information content (AvgIpc) is 2.66. The number of amides is 1. The second kappa shape index (κ2) is 7.12. The molecule has 0 bridgehead atoms. The molecule has 1 N–H and O–H groups in total. The van der Waals surface area contributed by atoms with E-state index in [-0.39, 0.29) is 12.5 Å². The SMILES string of the molecule is Cc1cc(NC(=O)COc2ccnc3c2CCCC3)c2ccccc2n1. The zero-order valence-electron chi connectivity index (χ0n) is 14.8. The molecule has 5 nitrogen and oxygen atoms in total. The molecule has 132 valence electrons. The number of rotatable bonds is 4. The molecule has 1 amide bonds. The first-order valence-corrected chi connectivity index (χ1v) is 8.96. The van der Waals surface area contributed by atoms with E-state index in [2.05, 4.69) is 15.3 Å². The molecule has 0 spiro atoms. The van der Waals surface area contributed by atoms with Gasteiger partial charge in [-0.25, -0.2) is 0 Å². The quantitative estimate of drug-likeness (QED) is 0.779. The molecule has 3 aromatic rings. The number of benzene rings is 1. The number of aromatic nitrogens is 2. The topological polar surface area (TPSA) is 64.1 Å². The Morgan fingerprint density at radius 3 is 2.96 bits per heavy atom. The molecule has 0 saturated heterocycles. The number of hydrogen-bond donors (Lipinski definition) is 1. The molecule has 2 heterocycles. The Morgan fingerprint density at radius 2 is 2.04 bits per heavy atom. The van der Waals surface area contributed by atoms with Gasteiger partial charge in [0, 0.05) is 28.5 Å². The number of nitrogens with zero attached hydrogens (tertiary/aromatic N) is 2. The van der Waals surface area contributed by atoms with Crippen LogP contribution in [0.15, 0.2) is 42.6 Å². The van der Waals surface area contributed by atoms with Crippen molar-refractivity contribution in [3.63, 3.8) is 0 Å². The molecule has 4 rings (SSSR count). The van der Waals surface area contributed by atoms with Crippen molar-refractivity contribution in [2.24, 2.45) is 0 Å². The Kier molecular flexibility index (Phi) is 4.52. The lowest BCUT2D eigenvalue weighted by Gasteiger charge is -2.18. The van der Waals surface area contributed by atoms with Crippen LogP contribution in [0.4, 0.5) is 5.69 Å². The van der Waals surface area contributed by atoms with Crippen LogP contribution >= 0.6 is 0 Å². The highest BCUT2D eigenvalue weighted by Gasteiger charge is 2.16. The number of aryl methyl sites for hydroxylation is 2. The van der Waals surface area contributed by atoms with Gasteiger partial charge in [0.25, 0.3) is 5.91 Å². The lowest BCUT2D eigenvalue weighted by atomic mass is 9.95. The second-order valence-electron chi connectivity index (χ2n) is 6.61. The van der Waals surface area contributed by atoms with E-state index in [1.807, 2.05) is 43.3 Å². The molecule has 0 atom stereocenters. The molecule has 0 aliphatic heterocycles. The molecular formula is C21H21N3O2. The van der Waals surface area contributed by atoms with Crippen LogP contribution in [0.25, 0.3) is 10.9 Å². The minimum Gasteiger partial charge on any atom is -0.483 e. The predicted octanol–water partition coefficient (Wildman–Crippen LogP) is 3.83. The number of ether oxygens (including phenoxy) is 1. The van der Waals surface area contributed by atoms with Crippen molar-refractivity contribution in [3.8, 4) is 5.75 Å². The van der Waals surface area contributed by atoms with E-state index >= 15 is 0 Å². The van der Waals surface area contributed by atoms with E-state index in [1.54, 1.807) is 6.20 Å². The van der Waals surface area contributed by atoms with Crippen LogP contribution in [-0.2, 0) is 17.6 Å². The number of nitrogens with one attached hydrogen (secondary N) is 1. The van der Waals surface area contributed by atoms with E-state index in [9.17, 15) is 4.79 Å². The van der Waals surface area contributed by atoms with Gasteiger partial charge in [0.1, 0.15) is 5.75 Å². The maximum Gasteiger partial charge on any atom is 0.262 e. The summed E-state index contributed by atoms with van der Waals surface area (Å²) in [6.07, 6.45) is 6.02. The number of fused-ring (bicyclic) bond motifs is 2. The molecule has 0 saturated carbocycles. The standard InChI is InChI=1S/C21H21N3O2/c1-14-12-19(15-6-2-5-9-18(15)23-14)24-21(25)13-26-20-10-11-22-17-8-4-3-7-16(17)20/h2,5-6,9-12H,3-4,7-8,13H2,1H3,(H,23,24,25). The number of pyridine rings is 2. The largest absolute Gasteiger partial charge is 0.483 e. The fourth-order valence-electron chi connectivity index (χ4n) is 3.47. The first kappa shape index (κ1) is 16.5. The number of hydrogen-bond acceptors (Lipinski definition) is 4. The molecule has 0 radical (unpaired) electrons. The highest BCUT2D eigenvalue weighted by molar-refractivity contribution is 6.01. The van der Waals surface area contributed by atoms with Crippen molar-refractivity contribution in [1.82, 2.24) is 9.97 Å². The Balaban J connectivity index is 1.49. The number of carbonyl (C=O) groups excluding carboxylic acids is 1. The lowest BCUT2D eigenvalue weighted by Crippen LogP contribution is -2.21. The number of carbonyl (C=O) groups is 1. The van der Waals surface area contributed by atoms with Gasteiger partial charge in [-0.2, -0.15) is 0 Å². The monoisotopic (exact) mass is 347 g/mol. The summed E-state index contributed by atoms with van der Waals surface area (Å²) >= 11 is 0. The minimum atomic E-state index is -0.179. The maximum absolute atomic E-state index is 12.4. The Morgan fingerprint density at radius 1 is 1.19 bits per heavy atom. The lowest BCUT2D eigenvalue weighted by molar-refractivity contribution is -0.118. The summed E-state index contributed by atoms with van der Waals surface area (Å²) < 4.78 is 5.81. The van der Waals surface area contributed by atoms with E-state index in [4.69, 9.17) is 4.74 Å². The van der Waals surface area contributed by atoms with Gasteiger partial charge >= 0.3 is 0 Å². The van der Waals surface area contributed by atoms with E-state index in [0.717, 1.165) is 58.6 Å². The van der Waals surface area contributed by atoms with E-state index in [0.29, 0.717) is 0 Å². The van der Waals surface area contributed by atoms with Gasteiger partial charge in [-0.1, -0.05) is 18.2 Å². The number of anilines is 1. The zero-order valence-corrected chi connectivity index (χ0v) is 14.8. The van der Waals surface area contributed by atoms with Gasteiger partial charge in [0.05, 0.1) is 11.2 Å². The van der Waals surface area contributed by atoms with Gasteiger partial charge < -0.3 is 10.1 Å². The molecular weight excluding hydrogens is 326 g/mol. The predicted molar refractivity (Wildman–Crippen MR) is 101 cm³/mol. The molecule has 2 aromatic heterocycles. The van der Waals surface area contributed by atoms with Crippen molar-refractivity contribution in [1.29, 1.82) is 0 Å². The van der Waals surface area contributed by atoms with Crippen molar-refractivity contribution >= 4 is 22.5 Å². The van der Waals surface area contributed by atoms with Gasteiger partial charge in [-0.05, 0) is 50.8 Å². The summed E-state index contributed by atoms with van der Waals surface area (Å²) in [5.41, 5.74) is 4.75. The van der Waals surface area contributed by atoms with Crippen LogP contribution in [0, 0.1) is 6.92 Å². The summed E-state index contributed by atoms with van der Waals surface area (Å²) in [6, 6.07) is 11.5. The summed E-state index contributed by atoms with van der Waals surface area (Å²) in [5, 5.41) is 3.88. The normalized spacial score (nSPS) is 13.3. The van der Waals surface area contributed by atoms with Gasteiger partial charge in [-0.3, -0.25) is 14.8 Å². The maximum atomic E-state index is 12.4. The third kappa shape index (κ3) is 3.38. The highest BCUT2D eigenvalue weighted by Crippen LogP contribution is 2.28. The second-order valence-corrected chi connectivity index (χ2v) is 6.61. The Bertz CT molecular complexity index is 969. The van der Waals surface area contributed by atoms with Crippen molar-refractivity contribution in [2.45, 2.75) is 32.6 Å². The molecule has 1 aliphatic rings. The van der Waals surface area contributed by atoms with Crippen LogP contribution in [0.3, 0.4) is 0 Å². The van der Waals surface area contributed by atoms with Crippen LogP contribution in [-0.4, -0.2) is 22.5 Å². The molecule has 1 aromatic carbocycles. The summed E-state index contributed by atoms with van der Waals surface area (Å²) in [7, 11) is 0. The van der Waals surface area contributed by atoms with Crippen molar-refractivity contribution in [3.05, 3.63) is 59.5 Å². The minimum absolute atomic E-state index is 0.0217. The van der Waals surface area contributed by atoms with E-state index in [1.165, 1.54) is 6.42 Å². The Labute approximate surface area is 152 Å². The molecule has 0 fully saturated rings. The van der Waals surface area contributed by atoms with E-state index < -0.39 is 0 Å². The zero-order chi connectivity index (χ0) is 17.9. The summed E-state index contributed by atoms with van der Waals surface area (Å²) in [6.45, 7) is 1.90.